The van der Waals surface area contributed by atoms with E-state index in [2.05, 4.69) is 29.3 Å². The Hall–Kier alpha value is -0.570. The minimum Gasteiger partial charge on any atom is -0.307 e. The van der Waals surface area contributed by atoms with Crippen LogP contribution in [0.15, 0.2) is 18.2 Å². The van der Waals surface area contributed by atoms with Crippen LogP contribution in [0.1, 0.15) is 49.8 Å². The summed E-state index contributed by atoms with van der Waals surface area (Å²) in [6, 6.07) is 7.63. The Morgan fingerprint density at radius 3 is 2.80 bits per heavy atom. The molecule has 1 aliphatic heterocycles. The maximum atomic E-state index is 6.08. The standard InChI is InChI=1S/C17H25ClN2/c1-2-9-20-10-7-15(8-11-20)19-17-6-3-13-12-14(18)4-5-16(13)17/h4-5,12,15,17,19H,2-3,6-11H2,1H3. The van der Waals surface area contributed by atoms with Gasteiger partial charge < -0.3 is 10.2 Å². The van der Waals surface area contributed by atoms with E-state index in [1.54, 1.807) is 0 Å². The quantitative estimate of drug-likeness (QED) is 0.908. The molecule has 1 fully saturated rings. The summed E-state index contributed by atoms with van der Waals surface area (Å²) in [4.78, 5) is 2.60. The third-order valence-corrected chi connectivity index (χ3v) is 4.98. The Labute approximate surface area is 127 Å². The van der Waals surface area contributed by atoms with Gasteiger partial charge in [-0.2, -0.15) is 0 Å². The van der Waals surface area contributed by atoms with Gasteiger partial charge in [0.25, 0.3) is 0 Å². The summed E-state index contributed by atoms with van der Waals surface area (Å²) < 4.78 is 0. The number of aryl methyl sites for hydroxylation is 1. The fraction of sp³-hybridized carbons (Fsp3) is 0.647. The summed E-state index contributed by atoms with van der Waals surface area (Å²) in [5, 5.41) is 4.76. The van der Waals surface area contributed by atoms with E-state index in [1.165, 1.54) is 62.9 Å². The highest BCUT2D eigenvalue weighted by molar-refractivity contribution is 6.30. The number of piperidine rings is 1. The van der Waals surface area contributed by atoms with E-state index in [0.29, 0.717) is 12.1 Å². The van der Waals surface area contributed by atoms with Crippen LogP contribution in [0.25, 0.3) is 0 Å². The van der Waals surface area contributed by atoms with Gasteiger partial charge in [-0.1, -0.05) is 24.6 Å². The molecule has 0 radical (unpaired) electrons. The van der Waals surface area contributed by atoms with E-state index in [-0.39, 0.29) is 0 Å². The summed E-state index contributed by atoms with van der Waals surface area (Å²) in [7, 11) is 0. The first-order chi connectivity index (χ1) is 9.76. The highest BCUT2D eigenvalue weighted by atomic mass is 35.5. The largest absolute Gasteiger partial charge is 0.307 e. The molecule has 2 nitrogen and oxygen atoms in total. The minimum atomic E-state index is 0.546. The second kappa shape index (κ2) is 6.46. The molecule has 2 aliphatic rings. The fourth-order valence-corrected chi connectivity index (χ4v) is 3.88. The van der Waals surface area contributed by atoms with Crippen molar-refractivity contribution in [3.63, 3.8) is 0 Å². The molecule has 1 N–H and O–H groups in total. The lowest BCUT2D eigenvalue weighted by Crippen LogP contribution is -2.43. The molecule has 1 aromatic rings. The molecule has 1 aromatic carbocycles. The van der Waals surface area contributed by atoms with Crippen molar-refractivity contribution in [2.75, 3.05) is 19.6 Å². The van der Waals surface area contributed by atoms with Gasteiger partial charge >= 0.3 is 0 Å². The molecule has 0 saturated carbocycles. The second-order valence-electron chi connectivity index (χ2n) is 6.22. The lowest BCUT2D eigenvalue weighted by molar-refractivity contribution is 0.191. The van der Waals surface area contributed by atoms with E-state index >= 15 is 0 Å². The van der Waals surface area contributed by atoms with Crippen molar-refractivity contribution in [2.45, 2.75) is 51.1 Å². The van der Waals surface area contributed by atoms with Gasteiger partial charge in [-0.05, 0) is 75.0 Å². The Bertz CT molecular complexity index is 452. The predicted molar refractivity (Wildman–Crippen MR) is 85.4 cm³/mol. The maximum Gasteiger partial charge on any atom is 0.0408 e. The molecule has 1 unspecified atom stereocenters. The highest BCUT2D eigenvalue weighted by Crippen LogP contribution is 2.33. The van der Waals surface area contributed by atoms with Crippen LogP contribution < -0.4 is 5.32 Å². The monoisotopic (exact) mass is 292 g/mol. The first-order valence-corrected chi connectivity index (χ1v) is 8.41. The number of fused-ring (bicyclic) bond motifs is 1. The van der Waals surface area contributed by atoms with Crippen LogP contribution in [0.3, 0.4) is 0 Å². The summed E-state index contributed by atoms with van der Waals surface area (Å²) >= 11 is 6.08. The van der Waals surface area contributed by atoms with E-state index in [9.17, 15) is 0 Å². The molecular weight excluding hydrogens is 268 g/mol. The number of nitrogens with one attached hydrogen (secondary N) is 1. The first-order valence-electron chi connectivity index (χ1n) is 8.03. The van der Waals surface area contributed by atoms with Gasteiger partial charge in [0.05, 0.1) is 0 Å². The summed E-state index contributed by atoms with van der Waals surface area (Å²) in [5.41, 5.74) is 2.92. The normalized spacial score (nSPS) is 24.0. The molecule has 0 aromatic heterocycles. The number of likely N-dealkylation sites (tertiary alicyclic amines) is 1. The third-order valence-electron chi connectivity index (χ3n) is 4.75. The highest BCUT2D eigenvalue weighted by Gasteiger charge is 2.26. The van der Waals surface area contributed by atoms with Gasteiger partial charge in [-0.3, -0.25) is 0 Å². The summed E-state index contributed by atoms with van der Waals surface area (Å²) in [6.45, 7) is 6.04. The summed E-state index contributed by atoms with van der Waals surface area (Å²) in [6.07, 6.45) is 6.25. The molecule has 0 bridgehead atoms. The van der Waals surface area contributed by atoms with Crippen molar-refractivity contribution in [2.24, 2.45) is 0 Å². The Balaban J connectivity index is 1.56. The van der Waals surface area contributed by atoms with Gasteiger partial charge in [-0.15, -0.1) is 0 Å². The number of rotatable bonds is 4. The Morgan fingerprint density at radius 1 is 1.25 bits per heavy atom. The smallest absolute Gasteiger partial charge is 0.0408 e. The van der Waals surface area contributed by atoms with Crippen molar-refractivity contribution in [3.05, 3.63) is 34.3 Å². The van der Waals surface area contributed by atoms with Gasteiger partial charge in [0.15, 0.2) is 0 Å². The van der Waals surface area contributed by atoms with E-state index in [1.807, 2.05) is 6.07 Å². The topological polar surface area (TPSA) is 15.3 Å². The van der Waals surface area contributed by atoms with E-state index in [4.69, 9.17) is 11.6 Å². The zero-order valence-electron chi connectivity index (χ0n) is 12.4. The van der Waals surface area contributed by atoms with E-state index in [0.717, 1.165) is 5.02 Å². The van der Waals surface area contributed by atoms with E-state index < -0.39 is 0 Å². The second-order valence-corrected chi connectivity index (χ2v) is 6.65. The molecule has 3 rings (SSSR count). The lowest BCUT2D eigenvalue weighted by Gasteiger charge is -2.34. The summed E-state index contributed by atoms with van der Waals surface area (Å²) in [5.74, 6) is 0. The molecule has 3 heteroatoms. The van der Waals surface area contributed by atoms with Crippen molar-refractivity contribution in [1.29, 1.82) is 0 Å². The molecule has 1 atom stereocenters. The molecule has 20 heavy (non-hydrogen) atoms. The van der Waals surface area contributed by atoms with Crippen molar-refractivity contribution < 1.29 is 0 Å². The molecule has 0 amide bonds. The van der Waals surface area contributed by atoms with Crippen LogP contribution in [0.5, 0.6) is 0 Å². The number of benzene rings is 1. The third kappa shape index (κ3) is 3.19. The first kappa shape index (κ1) is 14.4. The van der Waals surface area contributed by atoms with Gasteiger partial charge in [0, 0.05) is 17.1 Å². The molecule has 1 saturated heterocycles. The molecule has 110 valence electrons. The average Bonchev–Trinajstić information content (AvgIpc) is 2.83. The Morgan fingerprint density at radius 2 is 2.05 bits per heavy atom. The minimum absolute atomic E-state index is 0.546. The van der Waals surface area contributed by atoms with Crippen LogP contribution in [0.2, 0.25) is 5.02 Å². The number of hydrogen-bond donors (Lipinski definition) is 1. The van der Waals surface area contributed by atoms with Crippen molar-refractivity contribution in [3.8, 4) is 0 Å². The number of halogens is 1. The molecule has 1 heterocycles. The average molecular weight is 293 g/mol. The van der Waals surface area contributed by atoms with Crippen molar-refractivity contribution in [1.82, 2.24) is 10.2 Å². The zero-order valence-corrected chi connectivity index (χ0v) is 13.1. The number of hydrogen-bond acceptors (Lipinski definition) is 2. The predicted octanol–water partition coefficient (Wildman–Crippen LogP) is 3.79. The van der Waals surface area contributed by atoms with Crippen LogP contribution in [-0.4, -0.2) is 30.6 Å². The van der Waals surface area contributed by atoms with Crippen LogP contribution >= 0.6 is 11.6 Å². The zero-order chi connectivity index (χ0) is 13.9. The fourth-order valence-electron chi connectivity index (χ4n) is 3.68. The number of nitrogens with zero attached hydrogens (tertiary/aromatic N) is 1. The van der Waals surface area contributed by atoms with Crippen LogP contribution in [-0.2, 0) is 6.42 Å². The maximum absolute atomic E-state index is 6.08. The van der Waals surface area contributed by atoms with Crippen LogP contribution in [0, 0.1) is 0 Å². The van der Waals surface area contributed by atoms with Crippen LogP contribution in [0.4, 0.5) is 0 Å². The SMILES string of the molecule is CCCN1CCC(NC2CCc3cc(Cl)ccc32)CC1. The van der Waals surface area contributed by atoms with Gasteiger partial charge in [-0.25, -0.2) is 0 Å². The lowest BCUT2D eigenvalue weighted by atomic mass is 10.0. The van der Waals surface area contributed by atoms with Gasteiger partial charge in [0.2, 0.25) is 0 Å². The molecule has 0 spiro atoms. The molecular formula is C17H25ClN2. The molecule has 1 aliphatic carbocycles. The van der Waals surface area contributed by atoms with Gasteiger partial charge in [0.1, 0.15) is 0 Å². The Kier molecular flexibility index (Phi) is 4.65. The van der Waals surface area contributed by atoms with Crippen molar-refractivity contribution >= 4 is 11.6 Å².